The van der Waals surface area contributed by atoms with Gasteiger partial charge in [0.25, 0.3) is 5.91 Å². The van der Waals surface area contributed by atoms with Crippen molar-refractivity contribution < 1.29 is 23.8 Å². The molecule has 7 nitrogen and oxygen atoms in total. The van der Waals surface area contributed by atoms with E-state index in [-0.39, 0.29) is 29.3 Å². The van der Waals surface area contributed by atoms with Gasteiger partial charge in [0.15, 0.2) is 11.5 Å². The first-order chi connectivity index (χ1) is 15.0. The number of carbonyl (C=O) groups is 2. The molecule has 7 heteroatoms. The molecule has 1 aromatic rings. The first-order valence-corrected chi connectivity index (χ1v) is 11.4. The first kappa shape index (κ1) is 21.9. The van der Waals surface area contributed by atoms with E-state index in [0.29, 0.717) is 23.7 Å². The maximum atomic E-state index is 12.8. The molecule has 1 aliphatic carbocycles. The second-order valence-electron chi connectivity index (χ2n) is 9.29. The average molecular weight is 431 g/mol. The summed E-state index contributed by atoms with van der Waals surface area (Å²) < 4.78 is 16.6. The van der Waals surface area contributed by atoms with Crippen molar-refractivity contribution in [3.63, 3.8) is 0 Å². The van der Waals surface area contributed by atoms with E-state index in [4.69, 9.17) is 14.2 Å². The standard InChI is InChI=1S/C24H34N2O5/c1-29-21-15-18(22(27)25-19-6-3-17(4-7-19)23(28)30-2)5-8-20(21)31-16-24-9-12-26(13-10-24)14-11-24/h5,8,15,17,19H,3-4,6-7,9-14,16H2,1-2H3,(H,25,27). The van der Waals surface area contributed by atoms with Gasteiger partial charge in [0.05, 0.1) is 26.7 Å². The molecule has 0 spiro atoms. The number of amides is 1. The number of esters is 1. The number of ether oxygens (including phenoxy) is 3. The number of benzene rings is 1. The summed E-state index contributed by atoms with van der Waals surface area (Å²) in [7, 11) is 3.03. The van der Waals surface area contributed by atoms with Crippen molar-refractivity contribution in [1.82, 2.24) is 10.2 Å². The number of hydrogen-bond donors (Lipinski definition) is 1. The number of rotatable bonds is 7. The van der Waals surface area contributed by atoms with Gasteiger partial charge in [0.2, 0.25) is 0 Å². The summed E-state index contributed by atoms with van der Waals surface area (Å²) in [6, 6.07) is 5.48. The number of nitrogens with zero attached hydrogens (tertiary/aromatic N) is 1. The van der Waals surface area contributed by atoms with Gasteiger partial charge in [0, 0.05) is 17.0 Å². The quantitative estimate of drug-likeness (QED) is 0.670. The largest absolute Gasteiger partial charge is 0.493 e. The van der Waals surface area contributed by atoms with Gasteiger partial charge in [-0.15, -0.1) is 0 Å². The molecule has 2 bridgehead atoms. The van der Waals surface area contributed by atoms with Crippen LogP contribution < -0.4 is 14.8 Å². The number of piperidine rings is 3. The zero-order valence-electron chi connectivity index (χ0n) is 18.7. The first-order valence-electron chi connectivity index (χ1n) is 11.4. The summed E-state index contributed by atoms with van der Waals surface area (Å²) in [5, 5.41) is 3.10. The Morgan fingerprint density at radius 3 is 2.32 bits per heavy atom. The van der Waals surface area contributed by atoms with Crippen LogP contribution in [-0.4, -0.2) is 63.3 Å². The van der Waals surface area contributed by atoms with E-state index in [1.54, 1.807) is 19.2 Å². The van der Waals surface area contributed by atoms with Gasteiger partial charge in [-0.25, -0.2) is 0 Å². The normalized spacial score (nSPS) is 29.8. The maximum absolute atomic E-state index is 12.8. The van der Waals surface area contributed by atoms with Crippen LogP contribution in [0.4, 0.5) is 0 Å². The molecule has 1 amide bonds. The SMILES string of the molecule is COC(=O)C1CCC(NC(=O)c2ccc(OCC34CCN(CC3)CC4)c(OC)c2)CC1. The molecule has 0 aromatic heterocycles. The summed E-state index contributed by atoms with van der Waals surface area (Å²) in [6.45, 7) is 4.20. The van der Waals surface area contributed by atoms with Gasteiger partial charge in [0.1, 0.15) is 0 Å². The molecule has 0 atom stereocenters. The highest BCUT2D eigenvalue weighted by Gasteiger charge is 2.40. The predicted molar refractivity (Wildman–Crippen MR) is 116 cm³/mol. The summed E-state index contributed by atoms with van der Waals surface area (Å²) in [6.07, 6.45) is 6.61. The van der Waals surface area contributed by atoms with E-state index < -0.39 is 0 Å². The van der Waals surface area contributed by atoms with Crippen molar-refractivity contribution in [1.29, 1.82) is 0 Å². The third-order valence-corrected chi connectivity index (χ3v) is 7.43. The smallest absolute Gasteiger partial charge is 0.308 e. The predicted octanol–water partition coefficient (Wildman–Crippen LogP) is 3.02. The fourth-order valence-corrected chi connectivity index (χ4v) is 5.18. The molecule has 170 valence electrons. The molecule has 1 N–H and O–H groups in total. The number of methoxy groups -OCH3 is 2. The molecule has 4 fully saturated rings. The summed E-state index contributed by atoms with van der Waals surface area (Å²) >= 11 is 0. The van der Waals surface area contributed by atoms with E-state index in [2.05, 4.69) is 10.2 Å². The minimum atomic E-state index is -0.150. The fourth-order valence-electron chi connectivity index (χ4n) is 5.18. The highest BCUT2D eigenvalue weighted by Crippen LogP contribution is 2.41. The second kappa shape index (κ2) is 9.47. The second-order valence-corrected chi connectivity index (χ2v) is 9.29. The zero-order chi connectivity index (χ0) is 21.8. The van der Waals surface area contributed by atoms with Crippen molar-refractivity contribution in [2.45, 2.75) is 51.0 Å². The van der Waals surface area contributed by atoms with Gasteiger partial charge in [-0.1, -0.05) is 0 Å². The van der Waals surface area contributed by atoms with Crippen LogP contribution in [0.15, 0.2) is 18.2 Å². The Morgan fingerprint density at radius 1 is 1.03 bits per heavy atom. The van der Waals surface area contributed by atoms with Crippen molar-refractivity contribution in [2.24, 2.45) is 11.3 Å². The molecular weight excluding hydrogens is 396 g/mol. The van der Waals surface area contributed by atoms with E-state index in [1.807, 2.05) is 6.07 Å². The van der Waals surface area contributed by atoms with Crippen molar-refractivity contribution in [3.05, 3.63) is 23.8 Å². The Morgan fingerprint density at radius 2 is 1.71 bits per heavy atom. The summed E-state index contributed by atoms with van der Waals surface area (Å²) in [5.74, 6) is 0.963. The van der Waals surface area contributed by atoms with Crippen LogP contribution in [0.25, 0.3) is 0 Å². The van der Waals surface area contributed by atoms with E-state index in [0.717, 1.165) is 25.7 Å². The van der Waals surface area contributed by atoms with Gasteiger partial charge < -0.3 is 24.4 Å². The summed E-state index contributed by atoms with van der Waals surface area (Å²) in [4.78, 5) is 27.0. The van der Waals surface area contributed by atoms with E-state index >= 15 is 0 Å². The molecule has 3 saturated heterocycles. The van der Waals surface area contributed by atoms with Crippen LogP contribution in [0.3, 0.4) is 0 Å². The molecule has 4 aliphatic rings. The number of nitrogens with one attached hydrogen (secondary N) is 1. The fraction of sp³-hybridized carbons (Fsp3) is 0.667. The molecule has 1 saturated carbocycles. The van der Waals surface area contributed by atoms with Gasteiger partial charge in [-0.3, -0.25) is 9.59 Å². The molecule has 31 heavy (non-hydrogen) atoms. The zero-order valence-corrected chi connectivity index (χ0v) is 18.7. The number of carbonyl (C=O) groups excluding carboxylic acids is 2. The van der Waals surface area contributed by atoms with Crippen LogP contribution in [0, 0.1) is 11.3 Å². The number of fused-ring (bicyclic) bond motifs is 3. The Hall–Kier alpha value is -2.28. The third kappa shape index (κ3) is 4.97. The lowest BCUT2D eigenvalue weighted by molar-refractivity contribution is -0.146. The molecule has 0 radical (unpaired) electrons. The lowest BCUT2D eigenvalue weighted by Crippen LogP contribution is -2.50. The van der Waals surface area contributed by atoms with Crippen LogP contribution in [0.1, 0.15) is 55.3 Å². The lowest BCUT2D eigenvalue weighted by atomic mass is 9.73. The topological polar surface area (TPSA) is 77.1 Å². The van der Waals surface area contributed by atoms with Gasteiger partial charge in [-0.05, 0) is 82.8 Å². The van der Waals surface area contributed by atoms with Crippen molar-refractivity contribution in [3.8, 4) is 11.5 Å². The molecule has 1 aromatic carbocycles. The van der Waals surface area contributed by atoms with Gasteiger partial charge >= 0.3 is 5.97 Å². The molecule has 5 rings (SSSR count). The summed E-state index contributed by atoms with van der Waals surface area (Å²) in [5.41, 5.74) is 0.835. The number of hydrogen-bond acceptors (Lipinski definition) is 6. The highest BCUT2D eigenvalue weighted by molar-refractivity contribution is 5.95. The van der Waals surface area contributed by atoms with E-state index in [9.17, 15) is 9.59 Å². The van der Waals surface area contributed by atoms with Crippen molar-refractivity contribution in [2.75, 3.05) is 40.5 Å². The lowest BCUT2D eigenvalue weighted by Gasteiger charge is -2.48. The molecule has 3 heterocycles. The Bertz CT molecular complexity index is 781. The van der Waals surface area contributed by atoms with Crippen LogP contribution in [-0.2, 0) is 9.53 Å². The molecule has 3 aliphatic heterocycles. The van der Waals surface area contributed by atoms with E-state index in [1.165, 1.54) is 46.0 Å². The molecular formula is C24H34N2O5. The Kier molecular flexibility index (Phi) is 6.70. The highest BCUT2D eigenvalue weighted by atomic mass is 16.5. The molecule has 0 unspecified atom stereocenters. The van der Waals surface area contributed by atoms with Crippen LogP contribution in [0.5, 0.6) is 11.5 Å². The maximum Gasteiger partial charge on any atom is 0.308 e. The van der Waals surface area contributed by atoms with Crippen LogP contribution in [0.2, 0.25) is 0 Å². The van der Waals surface area contributed by atoms with Crippen LogP contribution >= 0.6 is 0 Å². The monoisotopic (exact) mass is 430 g/mol. The average Bonchev–Trinajstić information content (AvgIpc) is 2.83. The van der Waals surface area contributed by atoms with Crippen molar-refractivity contribution >= 4 is 11.9 Å². The minimum absolute atomic E-state index is 0.0504. The van der Waals surface area contributed by atoms with Gasteiger partial charge in [-0.2, -0.15) is 0 Å². The minimum Gasteiger partial charge on any atom is -0.493 e. The Labute approximate surface area is 184 Å². The Balaban J connectivity index is 1.33. The third-order valence-electron chi connectivity index (χ3n) is 7.43.